The van der Waals surface area contributed by atoms with Crippen LogP contribution in [0, 0.1) is 5.82 Å². The van der Waals surface area contributed by atoms with Crippen LogP contribution in [0.1, 0.15) is 17.3 Å². The van der Waals surface area contributed by atoms with Crippen molar-refractivity contribution in [3.8, 4) is 5.75 Å². The highest BCUT2D eigenvalue weighted by atomic mass is 35.5. The molecule has 1 N–H and O–H groups in total. The summed E-state index contributed by atoms with van der Waals surface area (Å²) in [4.78, 5) is 24.2. The fourth-order valence-corrected chi connectivity index (χ4v) is 2.16. The molecule has 0 radical (unpaired) electrons. The summed E-state index contributed by atoms with van der Waals surface area (Å²) in [6.07, 6.45) is -1.08. The van der Waals surface area contributed by atoms with Gasteiger partial charge in [0.2, 0.25) is 0 Å². The predicted octanol–water partition coefficient (Wildman–Crippen LogP) is 3.67. The lowest BCUT2D eigenvalue weighted by atomic mass is 10.2. The Hall–Kier alpha value is -2.60. The van der Waals surface area contributed by atoms with E-state index in [1.54, 1.807) is 24.3 Å². The molecule has 0 aliphatic heterocycles. The number of para-hydroxylation sites is 2. The molecule has 1 amide bonds. The third-order valence-electron chi connectivity index (χ3n) is 3.17. The molecule has 0 aliphatic carbocycles. The summed E-state index contributed by atoms with van der Waals surface area (Å²) < 4.78 is 23.2. The van der Waals surface area contributed by atoms with Gasteiger partial charge in [0.15, 0.2) is 6.10 Å². The van der Waals surface area contributed by atoms with Crippen LogP contribution in [-0.2, 0) is 9.53 Å². The van der Waals surface area contributed by atoms with E-state index in [0.717, 1.165) is 12.1 Å². The molecule has 2 aromatic carbocycles. The number of amides is 1. The maximum atomic E-state index is 13.0. The summed E-state index contributed by atoms with van der Waals surface area (Å²) in [7, 11) is 1.48. The number of rotatable bonds is 5. The molecule has 0 saturated carbocycles. The highest BCUT2D eigenvalue weighted by Gasteiger charge is 2.21. The fraction of sp³-hybridized carbons (Fsp3) is 0.176. The molecular weight excluding hydrogens is 337 g/mol. The predicted molar refractivity (Wildman–Crippen MR) is 87.9 cm³/mol. The Balaban J connectivity index is 2.04. The van der Waals surface area contributed by atoms with Crippen LogP contribution in [0.5, 0.6) is 5.75 Å². The van der Waals surface area contributed by atoms with Crippen LogP contribution in [0.25, 0.3) is 0 Å². The standard InChI is InChI=1S/C17H15ClFNO4/c1-10(16(21)20-14-5-3-4-6-15(14)23-2)24-17(22)12-8-7-11(19)9-13(12)18/h3-10H,1-2H3,(H,20,21)/t10-/m0/s1. The smallest absolute Gasteiger partial charge is 0.340 e. The fourth-order valence-electron chi connectivity index (χ4n) is 1.91. The Morgan fingerprint density at radius 2 is 1.92 bits per heavy atom. The quantitative estimate of drug-likeness (QED) is 0.835. The summed E-state index contributed by atoms with van der Waals surface area (Å²) in [5, 5.41) is 2.52. The summed E-state index contributed by atoms with van der Waals surface area (Å²) in [6, 6.07) is 10.1. The summed E-state index contributed by atoms with van der Waals surface area (Å²) in [5.74, 6) is -1.45. The molecule has 1 atom stereocenters. The van der Waals surface area contributed by atoms with Crippen LogP contribution in [0.15, 0.2) is 42.5 Å². The number of esters is 1. The number of methoxy groups -OCH3 is 1. The number of hydrogen-bond acceptors (Lipinski definition) is 4. The average Bonchev–Trinajstić information content (AvgIpc) is 2.55. The molecule has 0 saturated heterocycles. The Labute approximate surface area is 143 Å². The Bertz CT molecular complexity index is 766. The molecule has 0 unspecified atom stereocenters. The molecule has 0 heterocycles. The van der Waals surface area contributed by atoms with Gasteiger partial charge in [-0.2, -0.15) is 0 Å². The normalized spacial score (nSPS) is 11.5. The molecule has 0 bridgehead atoms. The second-order valence-electron chi connectivity index (χ2n) is 4.86. The lowest BCUT2D eigenvalue weighted by Crippen LogP contribution is -2.30. The third kappa shape index (κ3) is 4.23. The van der Waals surface area contributed by atoms with Gasteiger partial charge in [-0.1, -0.05) is 23.7 Å². The number of ether oxygens (including phenoxy) is 2. The largest absolute Gasteiger partial charge is 0.495 e. The van der Waals surface area contributed by atoms with Crippen LogP contribution in [0.4, 0.5) is 10.1 Å². The maximum Gasteiger partial charge on any atom is 0.340 e. The molecule has 0 aromatic heterocycles. The van der Waals surface area contributed by atoms with Gasteiger partial charge < -0.3 is 14.8 Å². The second-order valence-corrected chi connectivity index (χ2v) is 5.27. The summed E-state index contributed by atoms with van der Waals surface area (Å²) in [6.45, 7) is 1.42. The highest BCUT2D eigenvalue weighted by Crippen LogP contribution is 2.23. The lowest BCUT2D eigenvalue weighted by molar-refractivity contribution is -0.123. The number of halogens is 2. The van der Waals surface area contributed by atoms with Crippen molar-refractivity contribution in [2.75, 3.05) is 12.4 Å². The number of carbonyl (C=O) groups excluding carboxylic acids is 2. The molecule has 5 nitrogen and oxygen atoms in total. The second kappa shape index (κ2) is 7.79. The molecule has 126 valence electrons. The molecule has 2 rings (SSSR count). The first kappa shape index (κ1) is 17.7. The Morgan fingerprint density at radius 3 is 2.58 bits per heavy atom. The zero-order valence-electron chi connectivity index (χ0n) is 13.0. The van der Waals surface area contributed by atoms with E-state index in [4.69, 9.17) is 21.1 Å². The first-order valence-electron chi connectivity index (χ1n) is 7.02. The van der Waals surface area contributed by atoms with Gasteiger partial charge >= 0.3 is 5.97 Å². The van der Waals surface area contributed by atoms with Gasteiger partial charge in [-0.05, 0) is 37.3 Å². The van der Waals surface area contributed by atoms with E-state index in [1.165, 1.54) is 20.1 Å². The maximum absolute atomic E-state index is 13.0. The third-order valence-corrected chi connectivity index (χ3v) is 3.48. The van der Waals surface area contributed by atoms with Crippen molar-refractivity contribution in [1.29, 1.82) is 0 Å². The topological polar surface area (TPSA) is 64.6 Å². The van der Waals surface area contributed by atoms with Crippen molar-refractivity contribution in [2.45, 2.75) is 13.0 Å². The number of hydrogen-bond donors (Lipinski definition) is 1. The Morgan fingerprint density at radius 1 is 1.21 bits per heavy atom. The van der Waals surface area contributed by atoms with Gasteiger partial charge in [0.05, 0.1) is 23.4 Å². The van der Waals surface area contributed by atoms with Crippen LogP contribution in [0.2, 0.25) is 5.02 Å². The van der Waals surface area contributed by atoms with Crippen molar-refractivity contribution >= 4 is 29.2 Å². The number of carbonyl (C=O) groups is 2. The van der Waals surface area contributed by atoms with Crippen molar-refractivity contribution < 1.29 is 23.5 Å². The first-order valence-corrected chi connectivity index (χ1v) is 7.40. The molecule has 2 aromatic rings. The number of nitrogens with one attached hydrogen (secondary N) is 1. The van der Waals surface area contributed by atoms with Crippen LogP contribution in [0.3, 0.4) is 0 Å². The van der Waals surface area contributed by atoms with Gasteiger partial charge in [0.25, 0.3) is 5.91 Å². The van der Waals surface area contributed by atoms with E-state index in [2.05, 4.69) is 5.32 Å². The van der Waals surface area contributed by atoms with Crippen LogP contribution in [-0.4, -0.2) is 25.1 Å². The zero-order valence-corrected chi connectivity index (χ0v) is 13.8. The van der Waals surface area contributed by atoms with Crippen LogP contribution >= 0.6 is 11.6 Å². The van der Waals surface area contributed by atoms with E-state index in [9.17, 15) is 14.0 Å². The van der Waals surface area contributed by atoms with E-state index in [-0.39, 0.29) is 10.6 Å². The van der Waals surface area contributed by atoms with E-state index < -0.39 is 23.8 Å². The molecule has 24 heavy (non-hydrogen) atoms. The number of benzene rings is 2. The van der Waals surface area contributed by atoms with E-state index >= 15 is 0 Å². The average molecular weight is 352 g/mol. The minimum atomic E-state index is -1.08. The van der Waals surface area contributed by atoms with Crippen LogP contribution < -0.4 is 10.1 Å². The molecule has 0 aliphatic rings. The molecular formula is C17H15ClFNO4. The SMILES string of the molecule is COc1ccccc1NC(=O)[C@H](C)OC(=O)c1ccc(F)cc1Cl. The van der Waals surface area contributed by atoms with Crippen molar-refractivity contribution in [3.05, 3.63) is 58.9 Å². The monoisotopic (exact) mass is 351 g/mol. The van der Waals surface area contributed by atoms with E-state index in [0.29, 0.717) is 11.4 Å². The van der Waals surface area contributed by atoms with Crippen molar-refractivity contribution in [3.63, 3.8) is 0 Å². The zero-order chi connectivity index (χ0) is 17.7. The first-order chi connectivity index (χ1) is 11.4. The Kier molecular flexibility index (Phi) is 5.76. The highest BCUT2D eigenvalue weighted by molar-refractivity contribution is 6.33. The van der Waals surface area contributed by atoms with Gasteiger partial charge in [0.1, 0.15) is 11.6 Å². The lowest BCUT2D eigenvalue weighted by Gasteiger charge is -2.15. The van der Waals surface area contributed by atoms with E-state index in [1.807, 2.05) is 0 Å². The van der Waals surface area contributed by atoms with Gasteiger partial charge in [-0.3, -0.25) is 4.79 Å². The minimum absolute atomic E-state index is 0.0185. The van der Waals surface area contributed by atoms with Gasteiger partial charge in [-0.15, -0.1) is 0 Å². The van der Waals surface area contributed by atoms with Crippen molar-refractivity contribution in [2.24, 2.45) is 0 Å². The molecule has 0 fully saturated rings. The number of anilines is 1. The molecule has 7 heteroatoms. The minimum Gasteiger partial charge on any atom is -0.495 e. The summed E-state index contributed by atoms with van der Waals surface area (Å²) in [5.41, 5.74) is 0.433. The van der Waals surface area contributed by atoms with Crippen molar-refractivity contribution in [1.82, 2.24) is 0 Å². The molecule has 0 spiro atoms. The van der Waals surface area contributed by atoms with Gasteiger partial charge in [0, 0.05) is 0 Å². The summed E-state index contributed by atoms with van der Waals surface area (Å²) >= 11 is 5.80. The van der Waals surface area contributed by atoms with Gasteiger partial charge in [-0.25, -0.2) is 9.18 Å².